The van der Waals surface area contributed by atoms with Gasteiger partial charge in [-0.05, 0) is 70.3 Å². The van der Waals surface area contributed by atoms with Crippen LogP contribution < -0.4 is 31.9 Å². The first-order valence-electron chi connectivity index (χ1n) is 24.0. The maximum atomic E-state index is 13.0. The van der Waals surface area contributed by atoms with Gasteiger partial charge >= 0.3 is 0 Å². The van der Waals surface area contributed by atoms with E-state index in [1.165, 1.54) is 16.7 Å². The molecule has 3 rings (SSSR count). The van der Waals surface area contributed by atoms with Crippen molar-refractivity contribution in [2.24, 2.45) is 5.92 Å². The summed E-state index contributed by atoms with van der Waals surface area (Å²) in [6.07, 6.45) is 2.49. The van der Waals surface area contributed by atoms with Gasteiger partial charge in [0.05, 0.1) is 32.8 Å². The van der Waals surface area contributed by atoms with Crippen molar-refractivity contribution in [1.82, 2.24) is 36.8 Å². The smallest absolute Gasteiger partial charge is 0.238 e. The van der Waals surface area contributed by atoms with E-state index in [9.17, 15) is 69.6 Å². The molecular weight excluding hydrogens is 907 g/mol. The van der Waals surface area contributed by atoms with Crippen molar-refractivity contribution >= 4 is 35.4 Å². The summed E-state index contributed by atoms with van der Waals surface area (Å²) in [5, 5.41) is 95.2. The highest BCUT2D eigenvalue weighted by atomic mass is 16.6. The highest BCUT2D eigenvalue weighted by Gasteiger charge is 2.45. The van der Waals surface area contributed by atoms with Crippen LogP contribution in [0, 0.1) is 5.92 Å². The number of unbranched alkanes of at least 4 members (excludes halogenated alkanes) is 4. The second-order valence-corrected chi connectivity index (χ2v) is 18.0. The summed E-state index contributed by atoms with van der Waals surface area (Å²) in [5.41, 5.74) is 1.22. The zero-order chi connectivity index (χ0) is 50.9. The summed E-state index contributed by atoms with van der Waals surface area (Å²) in [6, 6.07) is -2.57. The molecule has 23 nitrogen and oxygen atoms in total. The number of nitrogens with zero attached hydrogens (tertiary/aromatic N) is 1. The summed E-state index contributed by atoms with van der Waals surface area (Å²) in [7, 11) is 0. The Balaban J connectivity index is 1.42. The lowest BCUT2D eigenvalue weighted by Gasteiger charge is -2.40. The number of nitrogens with one attached hydrogen (secondary N) is 6. The number of carbonyl (C=O) groups is 6. The van der Waals surface area contributed by atoms with Gasteiger partial charge in [0, 0.05) is 44.6 Å². The van der Waals surface area contributed by atoms with Gasteiger partial charge in [0.15, 0.2) is 12.6 Å². The highest BCUT2D eigenvalue weighted by molar-refractivity contribution is 5.84. The predicted octanol–water partition coefficient (Wildman–Crippen LogP) is -3.31. The van der Waals surface area contributed by atoms with E-state index in [4.69, 9.17) is 9.47 Å². The molecule has 12 unspecified atom stereocenters. The van der Waals surface area contributed by atoms with Crippen LogP contribution >= 0.6 is 0 Å². The molecule has 3 fully saturated rings. The van der Waals surface area contributed by atoms with Crippen LogP contribution in [0.25, 0.3) is 0 Å². The fourth-order valence-electron chi connectivity index (χ4n) is 8.25. The molecule has 0 aromatic carbocycles. The predicted molar refractivity (Wildman–Crippen MR) is 248 cm³/mol. The molecule has 6 amide bonds. The van der Waals surface area contributed by atoms with Gasteiger partial charge in [-0.1, -0.05) is 43.6 Å². The van der Waals surface area contributed by atoms with Crippen LogP contribution in [0.5, 0.6) is 0 Å². The van der Waals surface area contributed by atoms with Gasteiger partial charge in [0.25, 0.3) is 0 Å². The van der Waals surface area contributed by atoms with Crippen LogP contribution in [-0.2, 0) is 38.2 Å². The monoisotopic (exact) mass is 984 g/mol. The van der Waals surface area contributed by atoms with E-state index < -0.39 is 104 Å². The number of allylic oxidation sites excluding steroid dienone is 3. The summed E-state index contributed by atoms with van der Waals surface area (Å²) in [5.74, 6) is -2.24. The molecule has 12 atom stereocenters. The van der Waals surface area contributed by atoms with Crippen LogP contribution in [0.15, 0.2) is 36.6 Å². The topological polar surface area (TPSA) is 358 Å². The Bertz CT molecular complexity index is 1630. The van der Waals surface area contributed by atoms with Crippen molar-refractivity contribution < 1.29 is 79.1 Å². The first-order valence-corrected chi connectivity index (χ1v) is 24.0. The lowest BCUT2D eigenvalue weighted by atomic mass is 9.91. The van der Waals surface area contributed by atoms with Crippen LogP contribution in [0.1, 0.15) is 96.8 Å². The number of hydrogen-bond acceptors (Lipinski definition) is 17. The fourth-order valence-corrected chi connectivity index (χ4v) is 8.25. The van der Waals surface area contributed by atoms with Crippen molar-refractivity contribution in [3.05, 3.63) is 36.6 Å². The first-order chi connectivity index (χ1) is 32.9. The molecule has 0 spiro atoms. The Morgan fingerprint density at radius 1 is 0.667 bits per heavy atom. The largest absolute Gasteiger partial charge is 0.394 e. The SMILES string of the molecule is C=C1CCCCC(C(C)NC(=O)CC=CC=CNC(=O)CN(CC(=O)NCCCCCC(=O)NC2C(O)OC(CO)C(O)C2O)CC(=O)NCCCCCC(=O)NC2C(O)OC(CO)C(O)C2O)C1. The van der Waals surface area contributed by atoms with Crippen LogP contribution in [0.2, 0.25) is 0 Å². The Morgan fingerprint density at radius 3 is 1.68 bits per heavy atom. The standard InChI is InChI=1S/C46H77N7O16/c1-28-14-9-10-15-30(22-28)29(2)50-33(56)16-6-3-11-19-47-36(59)23-53(24-37(60)48-20-12-4-7-17-34(57)51-39-43(64)41(62)31(26-54)68-45(39)66)25-38(61)49-21-13-5-8-18-35(58)52-40-44(65)42(63)32(27-55)69-46(40)67/h3,6,11,19,29-32,39-46,54-55,62-67H,1,4-5,7-10,12-18,20-27H2,2H3,(H,47,59)(H,48,60)(H,49,61)(H,50,56)(H,51,57)(H,52,58). The molecule has 1 aliphatic carbocycles. The third kappa shape index (κ3) is 21.6. The van der Waals surface area contributed by atoms with Gasteiger partial charge in [0.1, 0.15) is 48.7 Å². The number of aliphatic hydroxyl groups is 8. The summed E-state index contributed by atoms with van der Waals surface area (Å²) >= 11 is 0. The molecule has 2 aliphatic heterocycles. The normalized spacial score (nSPS) is 27.9. The summed E-state index contributed by atoms with van der Waals surface area (Å²) < 4.78 is 10.1. The lowest BCUT2D eigenvalue weighted by Crippen LogP contribution is -2.64. The van der Waals surface area contributed by atoms with Crippen molar-refractivity contribution in [1.29, 1.82) is 0 Å². The van der Waals surface area contributed by atoms with Crippen molar-refractivity contribution in [2.75, 3.05) is 45.9 Å². The molecule has 0 radical (unpaired) electrons. The van der Waals surface area contributed by atoms with E-state index in [-0.39, 0.29) is 63.9 Å². The van der Waals surface area contributed by atoms with Crippen LogP contribution in [-0.4, -0.2) is 194 Å². The third-order valence-corrected chi connectivity index (χ3v) is 12.3. The van der Waals surface area contributed by atoms with Gasteiger partial charge in [-0.25, -0.2) is 0 Å². The zero-order valence-corrected chi connectivity index (χ0v) is 39.6. The molecule has 392 valence electrons. The molecular formula is C46H77N7O16. The van der Waals surface area contributed by atoms with E-state index in [0.29, 0.717) is 44.4 Å². The van der Waals surface area contributed by atoms with Crippen molar-refractivity contribution in [2.45, 2.75) is 164 Å². The average Bonchev–Trinajstić information content (AvgIpc) is 3.53. The van der Waals surface area contributed by atoms with E-state index in [0.717, 1.165) is 32.1 Å². The molecule has 3 aliphatic rings. The second-order valence-electron chi connectivity index (χ2n) is 18.0. The minimum atomic E-state index is -1.64. The molecule has 0 aromatic rings. The number of ether oxygens (including phenoxy) is 2. The minimum absolute atomic E-state index is 0.0120. The summed E-state index contributed by atoms with van der Waals surface area (Å²) in [4.78, 5) is 77.6. The number of aliphatic hydroxyl groups excluding tert-OH is 8. The first kappa shape index (κ1) is 58.9. The lowest BCUT2D eigenvalue weighted by molar-refractivity contribution is -0.253. The Kier molecular flexibility index (Phi) is 27.1. The molecule has 1 saturated carbocycles. The maximum absolute atomic E-state index is 13.0. The van der Waals surface area contributed by atoms with Crippen LogP contribution in [0.4, 0.5) is 0 Å². The van der Waals surface area contributed by atoms with E-state index in [1.807, 2.05) is 6.92 Å². The van der Waals surface area contributed by atoms with Gasteiger partial charge in [-0.2, -0.15) is 0 Å². The Labute approximate surface area is 403 Å². The van der Waals surface area contributed by atoms with Gasteiger partial charge in [0.2, 0.25) is 35.4 Å². The Morgan fingerprint density at radius 2 is 1.17 bits per heavy atom. The van der Waals surface area contributed by atoms with Gasteiger partial charge < -0.3 is 82.2 Å². The number of hydrogen-bond donors (Lipinski definition) is 14. The number of amides is 6. The zero-order valence-electron chi connectivity index (χ0n) is 39.6. The van der Waals surface area contributed by atoms with Crippen molar-refractivity contribution in [3.63, 3.8) is 0 Å². The van der Waals surface area contributed by atoms with E-state index in [2.05, 4.69) is 38.5 Å². The van der Waals surface area contributed by atoms with Gasteiger partial charge in [-0.3, -0.25) is 33.7 Å². The second kappa shape index (κ2) is 31.7. The molecule has 0 bridgehead atoms. The van der Waals surface area contributed by atoms with E-state index >= 15 is 0 Å². The fraction of sp³-hybridized carbons (Fsp3) is 0.739. The molecule has 2 saturated heterocycles. The third-order valence-electron chi connectivity index (χ3n) is 12.3. The minimum Gasteiger partial charge on any atom is -0.394 e. The van der Waals surface area contributed by atoms with Gasteiger partial charge in [-0.15, -0.1) is 0 Å². The highest BCUT2D eigenvalue weighted by Crippen LogP contribution is 2.28. The maximum Gasteiger partial charge on any atom is 0.238 e. The molecule has 14 N–H and O–H groups in total. The number of carbonyl (C=O) groups excluding carboxylic acids is 6. The molecule has 23 heteroatoms. The average molecular weight is 984 g/mol. The van der Waals surface area contributed by atoms with Crippen molar-refractivity contribution in [3.8, 4) is 0 Å². The number of rotatable bonds is 28. The van der Waals surface area contributed by atoms with Crippen LogP contribution in [0.3, 0.4) is 0 Å². The molecule has 0 aromatic heterocycles. The molecule has 69 heavy (non-hydrogen) atoms. The summed E-state index contributed by atoms with van der Waals surface area (Å²) in [6.45, 7) is 4.37. The quantitative estimate of drug-likeness (QED) is 0.0158. The Hall–Kier alpha value is -4.40. The van der Waals surface area contributed by atoms with E-state index in [1.54, 1.807) is 18.2 Å². The molecule has 2 heterocycles.